The van der Waals surface area contributed by atoms with Crippen LogP contribution in [0.25, 0.3) is 10.8 Å². The lowest BCUT2D eigenvalue weighted by Gasteiger charge is -2.07. The third-order valence-corrected chi connectivity index (χ3v) is 4.88. The van der Waals surface area contributed by atoms with Crippen molar-refractivity contribution in [2.75, 3.05) is 0 Å². The van der Waals surface area contributed by atoms with Gasteiger partial charge < -0.3 is 9.67 Å². The van der Waals surface area contributed by atoms with E-state index < -0.39 is 0 Å². The number of fused-ring (bicyclic) bond motifs is 1. The molecule has 0 amide bonds. The molecular weight excluding hydrogens is 338 g/mol. The lowest BCUT2D eigenvalue weighted by molar-refractivity contribution is 0.271. The van der Waals surface area contributed by atoms with Crippen molar-refractivity contribution in [1.29, 1.82) is 0 Å². The number of aromatic nitrogens is 3. The molecule has 0 unspecified atom stereocenters. The zero-order valence-corrected chi connectivity index (χ0v) is 13.1. The molecule has 102 valence electrons. The van der Waals surface area contributed by atoms with E-state index in [9.17, 15) is 5.11 Å². The predicted octanol–water partition coefficient (Wildman–Crippen LogP) is 3.37. The molecule has 4 nitrogen and oxygen atoms in total. The molecule has 2 aromatic heterocycles. The number of aliphatic hydroxyl groups is 1. The number of halogens is 1. The van der Waals surface area contributed by atoms with Crippen molar-refractivity contribution in [3.8, 4) is 0 Å². The lowest BCUT2D eigenvalue weighted by Crippen LogP contribution is -1.97. The minimum absolute atomic E-state index is 0.0153. The van der Waals surface area contributed by atoms with Gasteiger partial charge in [0.15, 0.2) is 5.16 Å². The van der Waals surface area contributed by atoms with Crippen molar-refractivity contribution in [1.82, 2.24) is 14.5 Å². The Hall–Kier alpha value is -1.37. The number of rotatable bonds is 3. The summed E-state index contributed by atoms with van der Waals surface area (Å²) in [7, 11) is 1.89. The number of hydrogen-bond donors (Lipinski definition) is 1. The molecule has 0 saturated heterocycles. The van der Waals surface area contributed by atoms with Gasteiger partial charge in [-0.25, -0.2) is 9.97 Å². The van der Waals surface area contributed by atoms with Gasteiger partial charge in [0.05, 0.1) is 18.5 Å². The fourth-order valence-electron chi connectivity index (χ4n) is 1.98. The van der Waals surface area contributed by atoms with Crippen LogP contribution in [0.5, 0.6) is 0 Å². The lowest BCUT2D eigenvalue weighted by atomic mass is 10.2. The fourth-order valence-corrected chi connectivity index (χ4v) is 3.41. The van der Waals surface area contributed by atoms with Gasteiger partial charge in [-0.2, -0.15) is 0 Å². The second-order valence-electron chi connectivity index (χ2n) is 4.30. The Morgan fingerprint density at radius 3 is 2.85 bits per heavy atom. The Kier molecular flexibility index (Phi) is 3.78. The highest BCUT2D eigenvalue weighted by Gasteiger charge is 2.11. The Morgan fingerprint density at radius 2 is 2.10 bits per heavy atom. The highest BCUT2D eigenvalue weighted by Crippen LogP contribution is 2.33. The van der Waals surface area contributed by atoms with Gasteiger partial charge >= 0.3 is 0 Å². The number of imidazole rings is 1. The van der Waals surface area contributed by atoms with Crippen LogP contribution < -0.4 is 0 Å². The molecule has 3 rings (SSSR count). The summed E-state index contributed by atoms with van der Waals surface area (Å²) in [4.78, 5) is 8.77. The van der Waals surface area contributed by atoms with Gasteiger partial charge in [-0.1, -0.05) is 28.1 Å². The van der Waals surface area contributed by atoms with E-state index in [1.807, 2.05) is 35.9 Å². The van der Waals surface area contributed by atoms with E-state index in [0.717, 1.165) is 31.1 Å². The molecule has 0 spiro atoms. The van der Waals surface area contributed by atoms with E-state index in [1.54, 1.807) is 12.4 Å². The average Bonchev–Trinajstić information content (AvgIpc) is 2.81. The van der Waals surface area contributed by atoms with Crippen molar-refractivity contribution in [3.05, 3.63) is 46.8 Å². The van der Waals surface area contributed by atoms with Crippen LogP contribution in [0.4, 0.5) is 0 Å². The Labute approximate surface area is 129 Å². The summed E-state index contributed by atoms with van der Waals surface area (Å²) in [6.45, 7) is -0.0153. The average molecular weight is 350 g/mol. The molecule has 2 heterocycles. The van der Waals surface area contributed by atoms with Crippen LogP contribution in [0, 0.1) is 0 Å². The van der Waals surface area contributed by atoms with Gasteiger partial charge in [-0.05, 0) is 23.9 Å². The van der Waals surface area contributed by atoms with Crippen LogP contribution in [0.1, 0.15) is 5.69 Å². The van der Waals surface area contributed by atoms with E-state index in [2.05, 4.69) is 25.9 Å². The van der Waals surface area contributed by atoms with Crippen LogP contribution in [0.2, 0.25) is 0 Å². The maximum absolute atomic E-state index is 9.21. The minimum atomic E-state index is -0.0153. The predicted molar refractivity (Wildman–Crippen MR) is 82.7 cm³/mol. The smallest absolute Gasteiger partial charge is 0.174 e. The normalized spacial score (nSPS) is 11.2. The number of aliphatic hydroxyl groups excluding tert-OH is 1. The quantitative estimate of drug-likeness (QED) is 0.787. The van der Waals surface area contributed by atoms with Crippen molar-refractivity contribution in [2.45, 2.75) is 16.8 Å². The van der Waals surface area contributed by atoms with Gasteiger partial charge in [0.1, 0.15) is 5.03 Å². The first-order chi connectivity index (χ1) is 9.70. The molecule has 0 aliphatic heterocycles. The van der Waals surface area contributed by atoms with Crippen LogP contribution in [-0.4, -0.2) is 19.6 Å². The molecule has 3 aromatic rings. The molecule has 0 bridgehead atoms. The Balaban J connectivity index is 2.07. The molecular formula is C14H12BrN3OS. The highest BCUT2D eigenvalue weighted by molar-refractivity contribution is 9.10. The van der Waals surface area contributed by atoms with Gasteiger partial charge in [0.25, 0.3) is 0 Å². The number of hydrogen-bond acceptors (Lipinski definition) is 4. The van der Waals surface area contributed by atoms with Crippen LogP contribution in [0.3, 0.4) is 0 Å². The van der Waals surface area contributed by atoms with Crippen LogP contribution >= 0.6 is 27.7 Å². The molecule has 0 saturated carbocycles. The van der Waals surface area contributed by atoms with Crippen molar-refractivity contribution < 1.29 is 5.11 Å². The van der Waals surface area contributed by atoms with Gasteiger partial charge in [-0.3, -0.25) is 0 Å². The summed E-state index contributed by atoms with van der Waals surface area (Å²) in [5, 5.41) is 13.1. The monoisotopic (exact) mass is 349 g/mol. The molecule has 1 aromatic carbocycles. The second-order valence-corrected chi connectivity index (χ2v) is 6.11. The molecule has 6 heteroatoms. The van der Waals surface area contributed by atoms with E-state index in [1.165, 1.54) is 11.8 Å². The number of nitrogens with zero attached hydrogens (tertiary/aromatic N) is 3. The zero-order chi connectivity index (χ0) is 14.1. The minimum Gasteiger partial charge on any atom is -0.390 e. The van der Waals surface area contributed by atoms with Crippen molar-refractivity contribution in [3.63, 3.8) is 0 Å². The Bertz CT molecular complexity index is 772. The summed E-state index contributed by atoms with van der Waals surface area (Å²) >= 11 is 5.05. The SMILES string of the molecule is Cn1c(CO)cnc1Sc1nccc2c(Br)cccc12. The standard InChI is InChI=1S/C14H12BrN3OS/c1-18-9(8-19)7-17-14(18)20-13-11-3-2-4-12(15)10(11)5-6-16-13/h2-7,19H,8H2,1H3. The molecule has 0 aliphatic carbocycles. The first kappa shape index (κ1) is 13.6. The van der Waals surface area contributed by atoms with Gasteiger partial charge in [0, 0.05) is 28.5 Å². The fraction of sp³-hybridized carbons (Fsp3) is 0.143. The largest absolute Gasteiger partial charge is 0.390 e. The molecule has 20 heavy (non-hydrogen) atoms. The Morgan fingerprint density at radius 1 is 1.25 bits per heavy atom. The molecule has 0 aliphatic rings. The number of benzene rings is 1. The van der Waals surface area contributed by atoms with Crippen molar-refractivity contribution >= 4 is 38.5 Å². The summed E-state index contributed by atoms with van der Waals surface area (Å²) in [5.74, 6) is 0. The maximum atomic E-state index is 9.21. The summed E-state index contributed by atoms with van der Waals surface area (Å²) < 4.78 is 2.93. The first-order valence-electron chi connectivity index (χ1n) is 6.03. The van der Waals surface area contributed by atoms with Crippen molar-refractivity contribution in [2.24, 2.45) is 7.05 Å². The van der Waals surface area contributed by atoms with Gasteiger partial charge in [0.2, 0.25) is 0 Å². The second kappa shape index (κ2) is 5.55. The zero-order valence-electron chi connectivity index (χ0n) is 10.7. The third kappa shape index (κ3) is 2.34. The van der Waals surface area contributed by atoms with E-state index in [4.69, 9.17) is 0 Å². The van der Waals surface area contributed by atoms with E-state index in [0.29, 0.717) is 0 Å². The van der Waals surface area contributed by atoms with Gasteiger partial charge in [-0.15, -0.1) is 0 Å². The molecule has 0 atom stereocenters. The van der Waals surface area contributed by atoms with E-state index >= 15 is 0 Å². The molecule has 0 fully saturated rings. The molecule has 1 N–H and O–H groups in total. The first-order valence-corrected chi connectivity index (χ1v) is 7.64. The van der Waals surface area contributed by atoms with E-state index in [-0.39, 0.29) is 6.61 Å². The topological polar surface area (TPSA) is 50.9 Å². The van der Waals surface area contributed by atoms with Crippen LogP contribution in [-0.2, 0) is 13.7 Å². The highest BCUT2D eigenvalue weighted by atomic mass is 79.9. The molecule has 0 radical (unpaired) electrons. The van der Waals surface area contributed by atoms with Crippen LogP contribution in [0.15, 0.2) is 51.3 Å². The third-order valence-electron chi connectivity index (χ3n) is 3.11. The summed E-state index contributed by atoms with van der Waals surface area (Å²) in [6.07, 6.45) is 3.48. The maximum Gasteiger partial charge on any atom is 0.174 e. The summed E-state index contributed by atoms with van der Waals surface area (Å²) in [6, 6.07) is 8.05. The number of pyridine rings is 1. The summed E-state index contributed by atoms with van der Waals surface area (Å²) in [5.41, 5.74) is 0.786.